The Morgan fingerprint density at radius 2 is 1.82 bits per heavy atom. The van der Waals surface area contributed by atoms with Crippen LogP contribution in [-0.2, 0) is 4.79 Å². The number of carbonyl (C=O) groups is 1. The monoisotopic (exact) mass is 330 g/mol. The second-order valence-electron chi connectivity index (χ2n) is 4.81. The molecule has 2 N–H and O–H groups in total. The Morgan fingerprint density at radius 3 is 2.50 bits per heavy atom. The number of nitrogens with one attached hydrogen (secondary N) is 1. The number of rotatable bonds is 4. The van der Waals surface area contributed by atoms with Crippen LogP contribution in [0.5, 0.6) is 5.75 Å². The summed E-state index contributed by atoms with van der Waals surface area (Å²) in [5, 5.41) is 12.3. The number of hydrogen-bond donors (Lipinski definition) is 2. The van der Waals surface area contributed by atoms with Crippen LogP contribution in [0.15, 0.2) is 54.6 Å². The molecule has 1 heterocycles. The number of anilines is 2. The van der Waals surface area contributed by atoms with Crippen LogP contribution in [-0.4, -0.2) is 27.1 Å². The molecular formula is C16H14N2O2S2. The van der Waals surface area contributed by atoms with E-state index in [2.05, 4.69) is 5.32 Å². The van der Waals surface area contributed by atoms with Gasteiger partial charge in [-0.15, -0.1) is 0 Å². The molecule has 0 aromatic heterocycles. The second-order valence-corrected chi connectivity index (χ2v) is 6.65. The highest BCUT2D eigenvalue weighted by molar-refractivity contribution is 8.25. The SMILES string of the molecule is O=C1C(CNc2ccccc2)SC(=S)N1c1ccc(O)cc1. The van der Waals surface area contributed by atoms with Gasteiger partial charge < -0.3 is 10.4 Å². The Balaban J connectivity index is 1.70. The lowest BCUT2D eigenvalue weighted by Crippen LogP contribution is -2.33. The van der Waals surface area contributed by atoms with Gasteiger partial charge in [0.25, 0.3) is 0 Å². The van der Waals surface area contributed by atoms with E-state index in [-0.39, 0.29) is 16.9 Å². The fraction of sp³-hybridized carbons (Fsp3) is 0.125. The van der Waals surface area contributed by atoms with Crippen LogP contribution in [0.3, 0.4) is 0 Å². The average Bonchev–Trinajstić information content (AvgIpc) is 2.82. The fourth-order valence-corrected chi connectivity index (χ4v) is 3.65. The molecule has 1 atom stereocenters. The molecule has 6 heteroatoms. The molecule has 0 saturated carbocycles. The molecule has 22 heavy (non-hydrogen) atoms. The van der Waals surface area contributed by atoms with Gasteiger partial charge in [-0.25, -0.2) is 0 Å². The van der Waals surface area contributed by atoms with Crippen LogP contribution in [0.2, 0.25) is 0 Å². The Labute approximate surface area is 138 Å². The van der Waals surface area contributed by atoms with E-state index in [0.717, 1.165) is 5.69 Å². The summed E-state index contributed by atoms with van der Waals surface area (Å²) in [5.74, 6) is 0.125. The van der Waals surface area contributed by atoms with Crippen molar-refractivity contribution >= 4 is 45.6 Å². The Morgan fingerprint density at radius 1 is 1.14 bits per heavy atom. The number of phenolic OH excluding ortho intramolecular Hbond substituents is 1. The first-order valence-corrected chi connectivity index (χ1v) is 8.06. The maximum Gasteiger partial charge on any atom is 0.247 e. The van der Waals surface area contributed by atoms with Crippen LogP contribution >= 0.6 is 24.0 Å². The molecule has 0 bridgehead atoms. The van der Waals surface area contributed by atoms with Gasteiger partial charge in [-0.3, -0.25) is 9.69 Å². The fourth-order valence-electron chi connectivity index (χ4n) is 2.19. The average molecular weight is 330 g/mol. The quantitative estimate of drug-likeness (QED) is 0.843. The summed E-state index contributed by atoms with van der Waals surface area (Å²) in [6.07, 6.45) is 0. The van der Waals surface area contributed by atoms with E-state index in [9.17, 15) is 9.90 Å². The van der Waals surface area contributed by atoms with Gasteiger partial charge in [0.05, 0.1) is 5.69 Å². The number of thioether (sulfide) groups is 1. The van der Waals surface area contributed by atoms with Crippen molar-refractivity contribution in [3.63, 3.8) is 0 Å². The van der Waals surface area contributed by atoms with Crippen molar-refractivity contribution in [2.24, 2.45) is 0 Å². The van der Waals surface area contributed by atoms with Gasteiger partial charge in [0.1, 0.15) is 15.3 Å². The first-order chi connectivity index (χ1) is 10.6. The smallest absolute Gasteiger partial charge is 0.247 e. The molecule has 3 rings (SSSR count). The zero-order valence-electron chi connectivity index (χ0n) is 11.6. The van der Waals surface area contributed by atoms with Crippen LogP contribution in [0.25, 0.3) is 0 Å². The summed E-state index contributed by atoms with van der Waals surface area (Å²) in [7, 11) is 0. The number of hydrogen-bond acceptors (Lipinski definition) is 5. The summed E-state index contributed by atoms with van der Waals surface area (Å²) in [5.41, 5.74) is 1.66. The van der Waals surface area contributed by atoms with Gasteiger partial charge in [-0.05, 0) is 36.4 Å². The highest BCUT2D eigenvalue weighted by Crippen LogP contribution is 2.32. The minimum atomic E-state index is -0.249. The highest BCUT2D eigenvalue weighted by Gasteiger charge is 2.37. The lowest BCUT2D eigenvalue weighted by molar-refractivity contribution is -0.116. The predicted octanol–water partition coefficient (Wildman–Crippen LogP) is 3.24. The maximum absolute atomic E-state index is 12.5. The zero-order valence-corrected chi connectivity index (χ0v) is 13.2. The van der Waals surface area contributed by atoms with Crippen LogP contribution in [0.4, 0.5) is 11.4 Å². The number of nitrogens with zero attached hydrogens (tertiary/aromatic N) is 1. The highest BCUT2D eigenvalue weighted by atomic mass is 32.2. The van der Waals surface area contributed by atoms with Gasteiger partial charge in [-0.2, -0.15) is 0 Å². The van der Waals surface area contributed by atoms with Crippen molar-refractivity contribution in [1.29, 1.82) is 0 Å². The minimum absolute atomic E-state index is 0.0379. The summed E-state index contributed by atoms with van der Waals surface area (Å²) >= 11 is 6.70. The standard InChI is InChI=1S/C16H14N2O2S2/c19-13-8-6-12(7-9-13)18-15(20)14(22-16(18)21)10-17-11-4-2-1-3-5-11/h1-9,14,17,19H,10H2. The van der Waals surface area contributed by atoms with Crippen LogP contribution < -0.4 is 10.2 Å². The molecule has 112 valence electrons. The predicted molar refractivity (Wildman–Crippen MR) is 94.5 cm³/mol. The minimum Gasteiger partial charge on any atom is -0.508 e. The number of para-hydroxylation sites is 1. The number of aromatic hydroxyl groups is 1. The lowest BCUT2D eigenvalue weighted by Gasteiger charge is -2.16. The van der Waals surface area contributed by atoms with Gasteiger partial charge in [-0.1, -0.05) is 42.2 Å². The van der Waals surface area contributed by atoms with E-state index in [1.54, 1.807) is 24.3 Å². The topological polar surface area (TPSA) is 52.6 Å². The van der Waals surface area contributed by atoms with Gasteiger partial charge in [0, 0.05) is 12.2 Å². The molecule has 1 fully saturated rings. The van der Waals surface area contributed by atoms with Gasteiger partial charge >= 0.3 is 0 Å². The van der Waals surface area contributed by atoms with Crippen molar-refractivity contribution in [2.75, 3.05) is 16.8 Å². The molecule has 0 spiro atoms. The molecule has 1 amide bonds. The van der Waals surface area contributed by atoms with E-state index < -0.39 is 0 Å². The first-order valence-electron chi connectivity index (χ1n) is 6.78. The third kappa shape index (κ3) is 3.08. The number of amides is 1. The van der Waals surface area contributed by atoms with E-state index in [1.807, 2.05) is 30.3 Å². The number of thiocarbonyl (C=S) groups is 1. The zero-order chi connectivity index (χ0) is 15.5. The van der Waals surface area contributed by atoms with Gasteiger partial charge in [0.15, 0.2) is 0 Å². The van der Waals surface area contributed by atoms with E-state index in [4.69, 9.17) is 12.2 Å². The number of benzene rings is 2. The molecule has 1 unspecified atom stereocenters. The van der Waals surface area contributed by atoms with E-state index in [0.29, 0.717) is 16.6 Å². The third-order valence-corrected chi connectivity index (χ3v) is 4.80. The second kappa shape index (κ2) is 6.37. The number of carbonyl (C=O) groups excluding carboxylic acids is 1. The Hall–Kier alpha value is -2.05. The lowest BCUT2D eigenvalue weighted by atomic mass is 10.2. The summed E-state index contributed by atoms with van der Waals surface area (Å²) < 4.78 is 0.538. The third-order valence-electron chi connectivity index (χ3n) is 3.29. The molecule has 2 aromatic rings. The Bertz CT molecular complexity index is 689. The normalized spacial score (nSPS) is 17.8. The number of phenols is 1. The molecule has 1 saturated heterocycles. The van der Waals surface area contributed by atoms with Crippen molar-refractivity contribution in [3.05, 3.63) is 54.6 Å². The van der Waals surface area contributed by atoms with Gasteiger partial charge in [0.2, 0.25) is 5.91 Å². The van der Waals surface area contributed by atoms with E-state index >= 15 is 0 Å². The molecule has 0 radical (unpaired) electrons. The maximum atomic E-state index is 12.5. The van der Waals surface area contributed by atoms with Crippen molar-refractivity contribution in [1.82, 2.24) is 0 Å². The molecule has 2 aromatic carbocycles. The van der Waals surface area contributed by atoms with Crippen LogP contribution in [0.1, 0.15) is 0 Å². The van der Waals surface area contributed by atoms with E-state index in [1.165, 1.54) is 16.7 Å². The van der Waals surface area contributed by atoms with Crippen molar-refractivity contribution in [2.45, 2.75) is 5.25 Å². The molecule has 1 aliphatic rings. The molecule has 0 aliphatic carbocycles. The van der Waals surface area contributed by atoms with Crippen LogP contribution in [0, 0.1) is 0 Å². The molecular weight excluding hydrogens is 316 g/mol. The Kier molecular flexibility index (Phi) is 4.31. The molecule has 1 aliphatic heterocycles. The molecule has 4 nitrogen and oxygen atoms in total. The summed E-state index contributed by atoms with van der Waals surface area (Å²) in [4.78, 5) is 14.1. The largest absolute Gasteiger partial charge is 0.508 e. The summed E-state index contributed by atoms with van der Waals surface area (Å²) in [6, 6.07) is 16.2. The summed E-state index contributed by atoms with van der Waals surface area (Å²) in [6.45, 7) is 0.516. The van der Waals surface area contributed by atoms with Crippen molar-refractivity contribution in [3.8, 4) is 5.75 Å². The van der Waals surface area contributed by atoms with Crippen molar-refractivity contribution < 1.29 is 9.90 Å². The first kappa shape index (κ1) is 14.9.